The van der Waals surface area contributed by atoms with Gasteiger partial charge in [0.2, 0.25) is 5.91 Å². The zero-order chi connectivity index (χ0) is 10.4. The standard InChI is InChI=1S/C10H19NO2/c1-7(2)6-9(10(11)13)5-4-8(3)12/h7,9H,4-6H2,1-3H3,(H2,11,13). The highest BCUT2D eigenvalue weighted by Crippen LogP contribution is 2.16. The van der Waals surface area contributed by atoms with Gasteiger partial charge in [0.25, 0.3) is 0 Å². The molecule has 0 aliphatic carbocycles. The van der Waals surface area contributed by atoms with Crippen LogP contribution in [-0.4, -0.2) is 11.7 Å². The van der Waals surface area contributed by atoms with E-state index < -0.39 is 0 Å². The van der Waals surface area contributed by atoms with Gasteiger partial charge in [0.05, 0.1) is 0 Å². The van der Waals surface area contributed by atoms with Crippen LogP contribution in [0.2, 0.25) is 0 Å². The molecular weight excluding hydrogens is 166 g/mol. The maximum Gasteiger partial charge on any atom is 0.220 e. The van der Waals surface area contributed by atoms with E-state index in [1.54, 1.807) is 0 Å². The molecule has 0 aliphatic heterocycles. The zero-order valence-corrected chi connectivity index (χ0v) is 8.67. The number of primary amides is 1. The SMILES string of the molecule is CC(=O)CCC(CC(C)C)C(N)=O. The van der Waals surface area contributed by atoms with Crippen LogP contribution in [-0.2, 0) is 9.59 Å². The highest BCUT2D eigenvalue weighted by Gasteiger charge is 2.16. The average Bonchev–Trinajstić information content (AvgIpc) is 1.96. The predicted molar refractivity (Wildman–Crippen MR) is 52.1 cm³/mol. The number of carbonyl (C=O) groups excluding carboxylic acids is 2. The molecule has 1 amide bonds. The lowest BCUT2D eigenvalue weighted by molar-refractivity contribution is -0.123. The Kier molecular flexibility index (Phi) is 5.35. The molecule has 0 spiro atoms. The average molecular weight is 185 g/mol. The summed E-state index contributed by atoms with van der Waals surface area (Å²) in [5, 5.41) is 0. The van der Waals surface area contributed by atoms with Gasteiger partial charge >= 0.3 is 0 Å². The van der Waals surface area contributed by atoms with Crippen LogP contribution in [0, 0.1) is 11.8 Å². The summed E-state index contributed by atoms with van der Waals surface area (Å²) in [7, 11) is 0. The first-order valence-electron chi connectivity index (χ1n) is 4.72. The molecule has 0 aromatic heterocycles. The van der Waals surface area contributed by atoms with Crippen molar-refractivity contribution in [3.05, 3.63) is 0 Å². The molecule has 76 valence electrons. The van der Waals surface area contributed by atoms with E-state index in [4.69, 9.17) is 5.73 Å². The first kappa shape index (κ1) is 12.1. The minimum absolute atomic E-state index is 0.120. The van der Waals surface area contributed by atoms with Crippen LogP contribution in [0.1, 0.15) is 40.0 Å². The first-order chi connectivity index (χ1) is 5.93. The summed E-state index contributed by atoms with van der Waals surface area (Å²) in [6.07, 6.45) is 1.84. The molecule has 0 heterocycles. The quantitative estimate of drug-likeness (QED) is 0.681. The molecule has 13 heavy (non-hydrogen) atoms. The minimum Gasteiger partial charge on any atom is -0.369 e. The summed E-state index contributed by atoms with van der Waals surface area (Å²) in [6, 6.07) is 0. The van der Waals surface area contributed by atoms with E-state index in [0.717, 1.165) is 6.42 Å². The Hall–Kier alpha value is -0.860. The van der Waals surface area contributed by atoms with Crippen molar-refractivity contribution in [1.29, 1.82) is 0 Å². The van der Waals surface area contributed by atoms with Gasteiger partial charge in [0, 0.05) is 12.3 Å². The number of hydrogen-bond acceptors (Lipinski definition) is 2. The fourth-order valence-corrected chi connectivity index (χ4v) is 1.32. The predicted octanol–water partition coefficient (Wildman–Crippen LogP) is 1.50. The molecule has 0 aromatic rings. The fourth-order valence-electron chi connectivity index (χ4n) is 1.32. The van der Waals surface area contributed by atoms with Gasteiger partial charge in [0.15, 0.2) is 0 Å². The molecule has 3 nitrogen and oxygen atoms in total. The Morgan fingerprint density at radius 2 is 1.85 bits per heavy atom. The van der Waals surface area contributed by atoms with E-state index >= 15 is 0 Å². The van der Waals surface area contributed by atoms with Gasteiger partial charge in [-0.25, -0.2) is 0 Å². The van der Waals surface area contributed by atoms with Crippen LogP contribution >= 0.6 is 0 Å². The number of rotatable bonds is 6. The number of hydrogen-bond donors (Lipinski definition) is 1. The highest BCUT2D eigenvalue weighted by molar-refractivity contribution is 5.79. The third-order valence-corrected chi connectivity index (χ3v) is 2.00. The Morgan fingerprint density at radius 1 is 1.31 bits per heavy atom. The Balaban J connectivity index is 3.95. The van der Waals surface area contributed by atoms with Gasteiger partial charge in [-0.15, -0.1) is 0 Å². The number of ketones is 1. The molecule has 0 rings (SSSR count). The lowest BCUT2D eigenvalue weighted by Crippen LogP contribution is -2.25. The largest absolute Gasteiger partial charge is 0.369 e. The van der Waals surface area contributed by atoms with Gasteiger partial charge in [-0.1, -0.05) is 13.8 Å². The first-order valence-corrected chi connectivity index (χ1v) is 4.72. The molecule has 0 aliphatic rings. The summed E-state index contributed by atoms with van der Waals surface area (Å²) in [4.78, 5) is 21.7. The van der Waals surface area contributed by atoms with Gasteiger partial charge in [0.1, 0.15) is 5.78 Å². The van der Waals surface area contributed by atoms with Crippen LogP contribution in [0.4, 0.5) is 0 Å². The van der Waals surface area contributed by atoms with Crippen LogP contribution in [0.25, 0.3) is 0 Å². The fraction of sp³-hybridized carbons (Fsp3) is 0.800. The number of nitrogens with two attached hydrogens (primary N) is 1. The van der Waals surface area contributed by atoms with Crippen LogP contribution in [0.5, 0.6) is 0 Å². The molecule has 0 bridgehead atoms. The molecule has 3 heteroatoms. The molecular formula is C10H19NO2. The Morgan fingerprint density at radius 3 is 2.15 bits per heavy atom. The van der Waals surface area contributed by atoms with Gasteiger partial charge in [-0.05, 0) is 25.7 Å². The van der Waals surface area contributed by atoms with Crippen molar-refractivity contribution in [3.8, 4) is 0 Å². The van der Waals surface area contributed by atoms with E-state index in [0.29, 0.717) is 18.8 Å². The van der Waals surface area contributed by atoms with Crippen molar-refractivity contribution >= 4 is 11.7 Å². The van der Waals surface area contributed by atoms with Crippen molar-refractivity contribution in [2.24, 2.45) is 17.6 Å². The van der Waals surface area contributed by atoms with Crippen molar-refractivity contribution in [2.45, 2.75) is 40.0 Å². The number of carbonyl (C=O) groups is 2. The molecule has 0 radical (unpaired) electrons. The molecule has 1 unspecified atom stereocenters. The smallest absolute Gasteiger partial charge is 0.220 e. The van der Waals surface area contributed by atoms with Crippen LogP contribution in [0.3, 0.4) is 0 Å². The van der Waals surface area contributed by atoms with Crippen LogP contribution < -0.4 is 5.73 Å². The summed E-state index contributed by atoms with van der Waals surface area (Å²) in [5.41, 5.74) is 5.22. The lowest BCUT2D eigenvalue weighted by atomic mass is 9.92. The minimum atomic E-state index is -0.282. The summed E-state index contributed by atoms with van der Waals surface area (Å²) in [6.45, 7) is 5.63. The number of amides is 1. The second-order valence-corrected chi connectivity index (χ2v) is 3.97. The summed E-state index contributed by atoms with van der Waals surface area (Å²) in [5.74, 6) is 0.151. The van der Waals surface area contributed by atoms with E-state index in [2.05, 4.69) is 0 Å². The molecule has 0 saturated carbocycles. The van der Waals surface area contributed by atoms with Crippen molar-refractivity contribution in [2.75, 3.05) is 0 Å². The lowest BCUT2D eigenvalue weighted by Gasteiger charge is -2.14. The molecule has 2 N–H and O–H groups in total. The normalized spacial score (nSPS) is 12.9. The second kappa shape index (κ2) is 5.73. The summed E-state index contributed by atoms with van der Waals surface area (Å²) < 4.78 is 0. The molecule has 1 atom stereocenters. The third-order valence-electron chi connectivity index (χ3n) is 2.00. The third kappa shape index (κ3) is 6.31. The molecule has 0 fully saturated rings. The van der Waals surface area contributed by atoms with E-state index in [1.165, 1.54) is 6.92 Å². The van der Waals surface area contributed by atoms with Crippen molar-refractivity contribution in [3.63, 3.8) is 0 Å². The molecule has 0 aromatic carbocycles. The number of Topliss-reactive ketones (excluding diaryl/α,β-unsaturated/α-hetero) is 1. The zero-order valence-electron chi connectivity index (χ0n) is 8.67. The maximum atomic E-state index is 11.0. The van der Waals surface area contributed by atoms with Crippen molar-refractivity contribution < 1.29 is 9.59 Å². The van der Waals surface area contributed by atoms with E-state index in [9.17, 15) is 9.59 Å². The van der Waals surface area contributed by atoms with Gasteiger partial charge in [-0.2, -0.15) is 0 Å². The maximum absolute atomic E-state index is 11.0. The monoisotopic (exact) mass is 185 g/mol. The van der Waals surface area contributed by atoms with Gasteiger partial charge < -0.3 is 10.5 Å². The topological polar surface area (TPSA) is 60.2 Å². The Labute approximate surface area is 79.7 Å². The second-order valence-electron chi connectivity index (χ2n) is 3.97. The highest BCUT2D eigenvalue weighted by atomic mass is 16.1. The summed E-state index contributed by atoms with van der Waals surface area (Å²) >= 11 is 0. The van der Waals surface area contributed by atoms with Crippen molar-refractivity contribution in [1.82, 2.24) is 0 Å². The Bertz CT molecular complexity index is 187. The van der Waals surface area contributed by atoms with Crippen LogP contribution in [0.15, 0.2) is 0 Å². The van der Waals surface area contributed by atoms with E-state index in [-0.39, 0.29) is 17.6 Å². The van der Waals surface area contributed by atoms with Gasteiger partial charge in [-0.3, -0.25) is 4.79 Å². The van der Waals surface area contributed by atoms with E-state index in [1.807, 2.05) is 13.8 Å². The molecule has 0 saturated heterocycles.